The molecule has 140 valence electrons. The first kappa shape index (κ1) is 18.7. The van der Waals surface area contributed by atoms with E-state index in [0.717, 1.165) is 26.2 Å². The monoisotopic (exact) mass is 404 g/mol. The number of rotatable bonds is 6. The van der Waals surface area contributed by atoms with Crippen molar-refractivity contribution in [1.82, 2.24) is 9.55 Å². The van der Waals surface area contributed by atoms with E-state index in [0.29, 0.717) is 11.9 Å². The summed E-state index contributed by atoms with van der Waals surface area (Å²) in [6, 6.07) is 20.5. The van der Waals surface area contributed by atoms with Gasteiger partial charge in [0.2, 0.25) is 0 Å². The van der Waals surface area contributed by atoms with Crippen LogP contribution in [0.25, 0.3) is 20.7 Å². The maximum atomic E-state index is 13.1. The van der Waals surface area contributed by atoms with Crippen LogP contribution < -0.4 is 5.56 Å². The predicted molar refractivity (Wildman–Crippen MR) is 120 cm³/mol. The summed E-state index contributed by atoms with van der Waals surface area (Å²) >= 11 is 3.16. The van der Waals surface area contributed by atoms with E-state index in [1.165, 1.54) is 11.1 Å². The molecule has 2 aromatic carbocycles. The van der Waals surface area contributed by atoms with Gasteiger partial charge >= 0.3 is 0 Å². The number of nitrogens with zero attached hydrogens (tertiary/aromatic N) is 2. The number of thioether (sulfide) groups is 1. The molecular weight excluding hydrogens is 384 g/mol. The van der Waals surface area contributed by atoms with Gasteiger partial charge in [-0.25, -0.2) is 4.98 Å². The van der Waals surface area contributed by atoms with Crippen LogP contribution in [0.1, 0.15) is 11.1 Å². The molecule has 0 saturated heterocycles. The van der Waals surface area contributed by atoms with E-state index in [-0.39, 0.29) is 5.56 Å². The van der Waals surface area contributed by atoms with Crippen LogP contribution in [0.3, 0.4) is 0 Å². The van der Waals surface area contributed by atoms with E-state index in [2.05, 4.69) is 49.9 Å². The maximum Gasteiger partial charge on any atom is 0.263 e. The number of fused-ring (bicyclic) bond motifs is 1. The molecule has 0 atom stereocenters. The lowest BCUT2D eigenvalue weighted by Crippen LogP contribution is -2.22. The zero-order chi connectivity index (χ0) is 19.5. The Morgan fingerprint density at radius 2 is 1.96 bits per heavy atom. The van der Waals surface area contributed by atoms with Gasteiger partial charge in [-0.1, -0.05) is 78.0 Å². The van der Waals surface area contributed by atoms with Crippen molar-refractivity contribution >= 4 is 33.3 Å². The molecule has 4 aromatic rings. The van der Waals surface area contributed by atoms with Crippen molar-refractivity contribution in [2.24, 2.45) is 0 Å². The summed E-state index contributed by atoms with van der Waals surface area (Å²) in [4.78, 5) is 19.8. The predicted octanol–water partition coefficient (Wildman–Crippen LogP) is 5.91. The first-order chi connectivity index (χ1) is 13.7. The number of thiophene rings is 1. The smallest absolute Gasteiger partial charge is 0.263 e. The van der Waals surface area contributed by atoms with Gasteiger partial charge < -0.3 is 0 Å². The summed E-state index contributed by atoms with van der Waals surface area (Å²) in [5.41, 5.74) is 3.56. The molecule has 2 aromatic heterocycles. The Labute approximate surface area is 172 Å². The molecule has 3 nitrogen and oxygen atoms in total. The zero-order valence-corrected chi connectivity index (χ0v) is 17.2. The number of hydrogen-bond acceptors (Lipinski definition) is 4. The number of hydrogen-bond donors (Lipinski definition) is 0. The van der Waals surface area contributed by atoms with Crippen molar-refractivity contribution in [2.45, 2.75) is 24.4 Å². The maximum absolute atomic E-state index is 13.1. The van der Waals surface area contributed by atoms with Crippen molar-refractivity contribution in [3.05, 3.63) is 94.8 Å². The molecule has 2 heterocycles. The molecule has 0 fully saturated rings. The third-order valence-electron chi connectivity index (χ3n) is 4.44. The van der Waals surface area contributed by atoms with Crippen LogP contribution in [-0.4, -0.2) is 9.55 Å². The highest BCUT2D eigenvalue weighted by molar-refractivity contribution is 7.98. The largest absolute Gasteiger partial charge is 0.283 e. The molecule has 0 amide bonds. The van der Waals surface area contributed by atoms with Gasteiger partial charge in [0.05, 0.1) is 5.39 Å². The van der Waals surface area contributed by atoms with Crippen LogP contribution in [0.2, 0.25) is 0 Å². The van der Waals surface area contributed by atoms with Gasteiger partial charge in [0.1, 0.15) is 4.83 Å². The fraction of sp³-hybridized carbons (Fsp3) is 0.130. The zero-order valence-electron chi connectivity index (χ0n) is 15.6. The highest BCUT2D eigenvalue weighted by atomic mass is 32.2. The molecule has 0 aliphatic rings. The molecule has 0 radical (unpaired) electrons. The van der Waals surface area contributed by atoms with Gasteiger partial charge in [-0.15, -0.1) is 17.9 Å². The second-order valence-electron chi connectivity index (χ2n) is 6.57. The highest BCUT2D eigenvalue weighted by Gasteiger charge is 2.15. The van der Waals surface area contributed by atoms with E-state index in [1.54, 1.807) is 33.7 Å². The van der Waals surface area contributed by atoms with Gasteiger partial charge in [-0.05, 0) is 24.1 Å². The number of benzene rings is 2. The summed E-state index contributed by atoms with van der Waals surface area (Å²) in [6.45, 7) is 6.35. The van der Waals surface area contributed by atoms with Crippen molar-refractivity contribution in [1.29, 1.82) is 0 Å². The van der Waals surface area contributed by atoms with Crippen molar-refractivity contribution < 1.29 is 0 Å². The lowest BCUT2D eigenvalue weighted by Gasteiger charge is -2.10. The van der Waals surface area contributed by atoms with Gasteiger partial charge in [-0.3, -0.25) is 9.36 Å². The Kier molecular flexibility index (Phi) is 5.46. The van der Waals surface area contributed by atoms with Crippen LogP contribution in [-0.2, 0) is 12.3 Å². The average Bonchev–Trinajstić information content (AvgIpc) is 3.14. The molecule has 28 heavy (non-hydrogen) atoms. The summed E-state index contributed by atoms with van der Waals surface area (Å²) in [7, 11) is 0. The third kappa shape index (κ3) is 3.81. The fourth-order valence-corrected chi connectivity index (χ4v) is 5.12. The first-order valence-corrected chi connectivity index (χ1v) is 10.8. The molecule has 0 saturated carbocycles. The van der Waals surface area contributed by atoms with E-state index < -0.39 is 0 Å². The third-order valence-corrected chi connectivity index (χ3v) is 6.56. The topological polar surface area (TPSA) is 34.9 Å². The highest BCUT2D eigenvalue weighted by Crippen LogP contribution is 2.32. The molecule has 5 heteroatoms. The van der Waals surface area contributed by atoms with Crippen LogP contribution in [0, 0.1) is 6.92 Å². The Morgan fingerprint density at radius 3 is 2.71 bits per heavy atom. The SMILES string of the molecule is C=CCn1c(SCc2cccc(C)c2)nc2sc(-c3ccccc3)cc2c1=O. The van der Waals surface area contributed by atoms with Gasteiger partial charge in [-0.2, -0.15) is 0 Å². The van der Waals surface area contributed by atoms with Crippen LogP contribution in [0.15, 0.2) is 83.3 Å². The van der Waals surface area contributed by atoms with Crippen molar-refractivity contribution in [2.75, 3.05) is 0 Å². The van der Waals surface area contributed by atoms with Crippen LogP contribution >= 0.6 is 23.1 Å². The number of aromatic nitrogens is 2. The number of aryl methyl sites for hydroxylation is 1. The Hall–Kier alpha value is -2.63. The van der Waals surface area contributed by atoms with E-state index >= 15 is 0 Å². The van der Waals surface area contributed by atoms with Crippen LogP contribution in [0.5, 0.6) is 0 Å². The summed E-state index contributed by atoms with van der Waals surface area (Å²) in [6.07, 6.45) is 1.75. The minimum absolute atomic E-state index is 0.00456. The Balaban J connectivity index is 1.75. The standard InChI is InChI=1S/C23H20N2OS2/c1-3-12-25-22(26)19-14-20(18-10-5-4-6-11-18)28-21(19)24-23(25)27-15-17-9-7-8-16(2)13-17/h3-11,13-14H,1,12,15H2,2H3. The lowest BCUT2D eigenvalue weighted by atomic mass is 10.2. The van der Waals surface area contributed by atoms with E-state index in [1.807, 2.05) is 24.3 Å². The second kappa shape index (κ2) is 8.17. The Morgan fingerprint density at radius 1 is 1.14 bits per heavy atom. The lowest BCUT2D eigenvalue weighted by molar-refractivity contribution is 0.673. The first-order valence-electron chi connectivity index (χ1n) is 9.05. The molecule has 0 bridgehead atoms. The van der Waals surface area contributed by atoms with Crippen LogP contribution in [0.4, 0.5) is 0 Å². The minimum atomic E-state index is -0.00456. The molecule has 0 spiro atoms. The summed E-state index contributed by atoms with van der Waals surface area (Å²) in [5, 5.41) is 1.41. The molecule has 0 N–H and O–H groups in total. The van der Waals surface area contributed by atoms with Gasteiger partial charge in [0.25, 0.3) is 5.56 Å². The summed E-state index contributed by atoms with van der Waals surface area (Å²) in [5.74, 6) is 0.772. The normalized spacial score (nSPS) is 11.0. The quantitative estimate of drug-likeness (QED) is 0.228. The van der Waals surface area contributed by atoms with E-state index in [9.17, 15) is 4.79 Å². The molecular formula is C23H20N2OS2. The molecule has 0 aliphatic heterocycles. The van der Waals surface area contributed by atoms with Crippen molar-refractivity contribution in [3.63, 3.8) is 0 Å². The summed E-state index contributed by atoms with van der Waals surface area (Å²) < 4.78 is 1.72. The fourth-order valence-electron chi connectivity index (χ4n) is 3.09. The van der Waals surface area contributed by atoms with E-state index in [4.69, 9.17) is 4.98 Å². The van der Waals surface area contributed by atoms with Gasteiger partial charge in [0, 0.05) is 17.2 Å². The second-order valence-corrected chi connectivity index (χ2v) is 8.55. The Bertz CT molecular complexity index is 1190. The number of allylic oxidation sites excluding steroid dienone is 1. The van der Waals surface area contributed by atoms with Crippen molar-refractivity contribution in [3.8, 4) is 10.4 Å². The molecule has 0 unspecified atom stereocenters. The molecule has 4 rings (SSSR count). The molecule has 0 aliphatic carbocycles. The van der Waals surface area contributed by atoms with Gasteiger partial charge in [0.15, 0.2) is 5.16 Å². The average molecular weight is 405 g/mol. The minimum Gasteiger partial charge on any atom is -0.283 e.